The molecule has 0 aliphatic heterocycles. The van der Waals surface area contributed by atoms with Crippen LogP contribution in [0.15, 0.2) is 11.1 Å². The second kappa shape index (κ2) is 4.67. The molecule has 0 aliphatic carbocycles. The van der Waals surface area contributed by atoms with Crippen molar-refractivity contribution >= 4 is 37.0 Å². The Balaban J connectivity index is 3.67. The summed E-state index contributed by atoms with van der Waals surface area (Å²) in [6, 6.07) is 0. The fourth-order valence-corrected chi connectivity index (χ4v) is 2.46. The highest BCUT2D eigenvalue weighted by atomic mass is 35.7. The molecule has 0 N–H and O–H groups in total. The fraction of sp³-hybridized carbons (Fsp3) is 0.167. The summed E-state index contributed by atoms with van der Waals surface area (Å²) in [5.74, 6) is 0. The van der Waals surface area contributed by atoms with Crippen LogP contribution in [-0.4, -0.2) is 18.3 Å². The van der Waals surface area contributed by atoms with Crippen LogP contribution in [0.25, 0.3) is 0 Å². The van der Waals surface area contributed by atoms with E-state index in [0.717, 1.165) is 0 Å². The van der Waals surface area contributed by atoms with Crippen LogP contribution in [0.5, 0.6) is 0 Å². The van der Waals surface area contributed by atoms with Gasteiger partial charge in [-0.3, -0.25) is 10.1 Å². The molecule has 94 valence electrons. The highest BCUT2D eigenvalue weighted by Crippen LogP contribution is 2.37. The molecular formula is C6H2Cl2F2N2O4S. The molecule has 0 aliphatic rings. The largest absolute Gasteiger partial charge is 0.316 e. The van der Waals surface area contributed by atoms with Crippen LogP contribution in [0.4, 0.5) is 14.5 Å². The Kier molecular flexibility index (Phi) is 3.84. The summed E-state index contributed by atoms with van der Waals surface area (Å²) >= 11 is 5.36. The number of nitro groups is 1. The van der Waals surface area contributed by atoms with E-state index in [2.05, 4.69) is 4.98 Å². The smallest absolute Gasteiger partial charge is 0.258 e. The standard InChI is InChI=1S/C6H2Cl2F2N2O4S/c7-3-2(17(8,15)16)1-11-4(6(9)10)5(3)12(13)14/h1,6H. The van der Waals surface area contributed by atoms with E-state index in [4.69, 9.17) is 22.3 Å². The topological polar surface area (TPSA) is 90.2 Å². The lowest BCUT2D eigenvalue weighted by atomic mass is 10.3. The molecule has 0 spiro atoms. The maximum Gasteiger partial charge on any atom is 0.316 e. The van der Waals surface area contributed by atoms with Crippen LogP contribution >= 0.6 is 22.3 Å². The average Bonchev–Trinajstić information content (AvgIpc) is 2.13. The van der Waals surface area contributed by atoms with Gasteiger partial charge in [-0.1, -0.05) is 11.6 Å². The first-order chi connectivity index (χ1) is 7.66. The van der Waals surface area contributed by atoms with Crippen molar-refractivity contribution in [3.8, 4) is 0 Å². The molecule has 1 heterocycles. The van der Waals surface area contributed by atoms with Crippen molar-refractivity contribution in [2.24, 2.45) is 0 Å². The molecule has 0 unspecified atom stereocenters. The van der Waals surface area contributed by atoms with Gasteiger partial charge < -0.3 is 0 Å². The molecule has 6 nitrogen and oxygen atoms in total. The van der Waals surface area contributed by atoms with Crippen LogP contribution in [0, 0.1) is 10.1 Å². The van der Waals surface area contributed by atoms with E-state index >= 15 is 0 Å². The Morgan fingerprint density at radius 3 is 2.35 bits per heavy atom. The predicted molar refractivity (Wildman–Crippen MR) is 53.9 cm³/mol. The van der Waals surface area contributed by atoms with E-state index in [-0.39, 0.29) is 0 Å². The van der Waals surface area contributed by atoms with Crippen LogP contribution in [0.2, 0.25) is 5.02 Å². The third-order valence-corrected chi connectivity index (χ3v) is 3.47. The molecule has 1 rings (SSSR count). The Morgan fingerprint density at radius 2 is 2.00 bits per heavy atom. The van der Waals surface area contributed by atoms with Crippen LogP contribution in [-0.2, 0) is 9.05 Å². The van der Waals surface area contributed by atoms with Gasteiger partial charge in [-0.15, -0.1) is 0 Å². The van der Waals surface area contributed by atoms with E-state index < -0.39 is 41.7 Å². The number of pyridine rings is 1. The molecule has 11 heteroatoms. The van der Waals surface area contributed by atoms with Crippen molar-refractivity contribution in [3.63, 3.8) is 0 Å². The Labute approximate surface area is 103 Å². The van der Waals surface area contributed by atoms with Crippen molar-refractivity contribution in [1.82, 2.24) is 4.98 Å². The van der Waals surface area contributed by atoms with Gasteiger partial charge in [-0.25, -0.2) is 22.2 Å². The molecule has 0 radical (unpaired) electrons. The van der Waals surface area contributed by atoms with E-state index in [1.165, 1.54) is 0 Å². The van der Waals surface area contributed by atoms with E-state index in [1.54, 1.807) is 0 Å². The highest BCUT2D eigenvalue weighted by Gasteiger charge is 2.32. The van der Waals surface area contributed by atoms with Crippen LogP contribution in [0.3, 0.4) is 0 Å². The number of aromatic nitrogens is 1. The number of halogens is 4. The molecule has 17 heavy (non-hydrogen) atoms. The van der Waals surface area contributed by atoms with Gasteiger partial charge in [0.2, 0.25) is 0 Å². The summed E-state index contributed by atoms with van der Waals surface area (Å²) in [7, 11) is 0.507. The molecule has 0 atom stereocenters. The van der Waals surface area contributed by atoms with Gasteiger partial charge >= 0.3 is 5.69 Å². The highest BCUT2D eigenvalue weighted by molar-refractivity contribution is 8.13. The summed E-state index contributed by atoms with van der Waals surface area (Å²) < 4.78 is 46.7. The van der Waals surface area contributed by atoms with Gasteiger partial charge in [0.05, 0.1) is 4.92 Å². The predicted octanol–water partition coefficient (Wildman–Crippen LogP) is 2.51. The van der Waals surface area contributed by atoms with Gasteiger partial charge in [-0.2, -0.15) is 0 Å². The number of hydrogen-bond donors (Lipinski definition) is 0. The summed E-state index contributed by atoms with van der Waals surface area (Å²) in [5, 5.41) is 9.55. The molecule has 0 saturated heterocycles. The normalized spacial score (nSPS) is 11.8. The van der Waals surface area contributed by atoms with Crippen molar-refractivity contribution in [2.75, 3.05) is 0 Å². The zero-order valence-electron chi connectivity index (χ0n) is 7.60. The first kappa shape index (κ1) is 14.0. The summed E-state index contributed by atoms with van der Waals surface area (Å²) in [4.78, 5) is 11.4. The molecular weight excluding hydrogens is 305 g/mol. The minimum Gasteiger partial charge on any atom is -0.258 e. The van der Waals surface area contributed by atoms with E-state index in [0.29, 0.717) is 6.20 Å². The van der Waals surface area contributed by atoms with Gasteiger partial charge in [0.15, 0.2) is 5.69 Å². The molecule has 1 aromatic heterocycles. The average molecular weight is 307 g/mol. The van der Waals surface area contributed by atoms with Crippen molar-refractivity contribution in [2.45, 2.75) is 11.3 Å². The molecule has 0 bridgehead atoms. The first-order valence-electron chi connectivity index (χ1n) is 3.72. The number of hydrogen-bond acceptors (Lipinski definition) is 5. The van der Waals surface area contributed by atoms with E-state index in [1.807, 2.05) is 0 Å². The maximum absolute atomic E-state index is 12.4. The first-order valence-corrected chi connectivity index (χ1v) is 6.40. The lowest BCUT2D eigenvalue weighted by Gasteiger charge is -2.05. The van der Waals surface area contributed by atoms with Crippen LogP contribution in [0.1, 0.15) is 12.1 Å². The lowest BCUT2D eigenvalue weighted by molar-refractivity contribution is -0.386. The zero-order chi connectivity index (χ0) is 13.4. The summed E-state index contributed by atoms with van der Waals surface area (Å²) in [6.45, 7) is 0. The Morgan fingerprint density at radius 1 is 1.47 bits per heavy atom. The minimum absolute atomic E-state index is 0.444. The maximum atomic E-state index is 12.4. The third kappa shape index (κ3) is 2.79. The lowest BCUT2D eigenvalue weighted by Crippen LogP contribution is -2.04. The monoisotopic (exact) mass is 306 g/mol. The number of rotatable bonds is 3. The molecule has 0 aromatic carbocycles. The quantitative estimate of drug-likeness (QED) is 0.486. The minimum atomic E-state index is -4.40. The Hall–Kier alpha value is -1.06. The van der Waals surface area contributed by atoms with Crippen molar-refractivity contribution in [3.05, 3.63) is 27.0 Å². The van der Waals surface area contributed by atoms with Gasteiger partial charge in [0, 0.05) is 16.9 Å². The molecule has 1 aromatic rings. The van der Waals surface area contributed by atoms with E-state index in [9.17, 15) is 27.3 Å². The summed E-state index contributed by atoms with van der Waals surface area (Å²) in [6.07, 6.45) is -2.82. The second-order valence-corrected chi connectivity index (χ2v) is 5.58. The number of nitrogens with zero attached hydrogens (tertiary/aromatic N) is 2. The zero-order valence-corrected chi connectivity index (χ0v) is 9.93. The molecule has 0 fully saturated rings. The van der Waals surface area contributed by atoms with Crippen molar-refractivity contribution in [1.29, 1.82) is 0 Å². The third-order valence-electron chi connectivity index (χ3n) is 1.64. The Bertz CT molecular complexity index is 578. The fourth-order valence-electron chi connectivity index (χ4n) is 0.978. The SMILES string of the molecule is O=[N+]([O-])c1c(C(F)F)ncc(S(=O)(=O)Cl)c1Cl. The number of alkyl halides is 2. The van der Waals surface area contributed by atoms with Gasteiger partial charge in [-0.05, 0) is 0 Å². The molecule has 0 amide bonds. The van der Waals surface area contributed by atoms with Crippen LogP contribution < -0.4 is 0 Å². The van der Waals surface area contributed by atoms with Gasteiger partial charge in [0.1, 0.15) is 9.92 Å². The van der Waals surface area contributed by atoms with Crippen molar-refractivity contribution < 1.29 is 22.1 Å². The van der Waals surface area contributed by atoms with Gasteiger partial charge in [0.25, 0.3) is 15.5 Å². The second-order valence-electron chi connectivity index (χ2n) is 2.67. The summed E-state index contributed by atoms with van der Waals surface area (Å²) in [5.41, 5.74) is -2.49. The molecule has 0 saturated carbocycles.